The van der Waals surface area contributed by atoms with Gasteiger partial charge in [0.2, 0.25) is 0 Å². The number of aromatic nitrogens is 2. The van der Waals surface area contributed by atoms with Gasteiger partial charge in [-0.25, -0.2) is 0 Å². The average Bonchev–Trinajstić information content (AvgIpc) is 3.53. The van der Waals surface area contributed by atoms with E-state index in [9.17, 15) is 4.79 Å². The van der Waals surface area contributed by atoms with Gasteiger partial charge in [-0.15, -0.1) is 5.10 Å². The highest BCUT2D eigenvalue weighted by atomic mass is 16.2. The molecular formula is C21H19N3O. The molecule has 1 saturated carbocycles. The Morgan fingerprint density at radius 2 is 1.56 bits per heavy atom. The van der Waals surface area contributed by atoms with Gasteiger partial charge in [0.15, 0.2) is 5.69 Å². The number of rotatable bonds is 5. The molecule has 1 aliphatic carbocycles. The molecule has 0 saturated heterocycles. The van der Waals surface area contributed by atoms with E-state index < -0.39 is 0 Å². The molecule has 124 valence electrons. The molecule has 0 radical (unpaired) electrons. The van der Waals surface area contributed by atoms with E-state index in [1.807, 2.05) is 66.7 Å². The van der Waals surface area contributed by atoms with Gasteiger partial charge in [-0.2, -0.15) is 5.10 Å². The number of carbonyl (C=O) groups is 1. The smallest absolute Gasteiger partial charge is 0.279 e. The second-order valence-corrected chi connectivity index (χ2v) is 6.33. The Morgan fingerprint density at radius 3 is 2.16 bits per heavy atom. The zero-order chi connectivity index (χ0) is 17.1. The quantitative estimate of drug-likeness (QED) is 0.705. The fraction of sp³-hybridized carbons (Fsp3) is 0.190. The highest BCUT2D eigenvalue weighted by Gasteiger charge is 2.26. The van der Waals surface area contributed by atoms with Crippen molar-refractivity contribution >= 4 is 11.6 Å². The minimum absolute atomic E-state index is 0.134. The van der Waals surface area contributed by atoms with Crippen molar-refractivity contribution in [3.63, 3.8) is 0 Å². The van der Waals surface area contributed by atoms with Crippen LogP contribution in [0.3, 0.4) is 0 Å². The molecule has 0 bridgehead atoms. The van der Waals surface area contributed by atoms with Crippen molar-refractivity contribution < 1.29 is 4.79 Å². The maximum absolute atomic E-state index is 13.1. The predicted octanol–water partition coefficient (Wildman–Crippen LogP) is 4.20. The summed E-state index contributed by atoms with van der Waals surface area (Å²) in [4.78, 5) is 14.8. The van der Waals surface area contributed by atoms with E-state index in [-0.39, 0.29) is 5.91 Å². The molecule has 0 spiro atoms. The number of carbonyl (C=O) groups excluding carboxylic acids is 1. The zero-order valence-electron chi connectivity index (χ0n) is 13.9. The first-order chi connectivity index (χ1) is 12.3. The molecule has 4 heteroatoms. The summed E-state index contributed by atoms with van der Waals surface area (Å²) in [6.07, 6.45) is 2.35. The lowest BCUT2D eigenvalue weighted by atomic mass is 10.1. The molecule has 3 aromatic rings. The summed E-state index contributed by atoms with van der Waals surface area (Å²) < 4.78 is 0. The molecule has 0 N–H and O–H groups in total. The van der Waals surface area contributed by atoms with E-state index >= 15 is 0 Å². The Labute approximate surface area is 147 Å². The van der Waals surface area contributed by atoms with Crippen LogP contribution in [0.25, 0.3) is 0 Å². The lowest BCUT2D eigenvalue weighted by molar-refractivity contribution is 0.0979. The third kappa shape index (κ3) is 3.58. The third-order valence-electron chi connectivity index (χ3n) is 4.40. The first-order valence-corrected chi connectivity index (χ1v) is 8.56. The Kier molecular flexibility index (Phi) is 4.25. The number of nitrogens with zero attached hydrogens (tertiary/aromatic N) is 3. The van der Waals surface area contributed by atoms with Gasteiger partial charge < -0.3 is 4.90 Å². The van der Waals surface area contributed by atoms with Crippen LogP contribution in [0, 0.1) is 0 Å². The van der Waals surface area contributed by atoms with Gasteiger partial charge in [-0.05, 0) is 42.7 Å². The summed E-state index contributed by atoms with van der Waals surface area (Å²) in [6.45, 7) is 0.496. The Balaban J connectivity index is 1.63. The van der Waals surface area contributed by atoms with E-state index in [0.717, 1.165) is 16.9 Å². The van der Waals surface area contributed by atoms with Crippen molar-refractivity contribution in [3.8, 4) is 0 Å². The summed E-state index contributed by atoms with van der Waals surface area (Å²) in [7, 11) is 0. The van der Waals surface area contributed by atoms with Crippen molar-refractivity contribution in [3.05, 3.63) is 89.7 Å². The second-order valence-electron chi connectivity index (χ2n) is 6.33. The molecule has 1 amide bonds. The molecule has 1 aliphatic rings. The van der Waals surface area contributed by atoms with E-state index in [1.165, 1.54) is 12.8 Å². The summed E-state index contributed by atoms with van der Waals surface area (Å²) >= 11 is 0. The van der Waals surface area contributed by atoms with Crippen molar-refractivity contribution in [2.75, 3.05) is 4.90 Å². The van der Waals surface area contributed by atoms with E-state index in [1.54, 1.807) is 11.0 Å². The number of hydrogen-bond donors (Lipinski definition) is 0. The maximum atomic E-state index is 13.1. The lowest BCUT2D eigenvalue weighted by Gasteiger charge is -2.22. The topological polar surface area (TPSA) is 46.1 Å². The Bertz CT molecular complexity index is 843. The molecule has 0 unspecified atom stereocenters. The van der Waals surface area contributed by atoms with Crippen LogP contribution in [0.5, 0.6) is 0 Å². The highest BCUT2D eigenvalue weighted by molar-refractivity contribution is 6.04. The van der Waals surface area contributed by atoms with E-state index in [0.29, 0.717) is 18.2 Å². The molecular weight excluding hydrogens is 310 g/mol. The van der Waals surface area contributed by atoms with Crippen molar-refractivity contribution in [1.82, 2.24) is 10.2 Å². The molecule has 1 fully saturated rings. The van der Waals surface area contributed by atoms with Gasteiger partial charge in [-0.1, -0.05) is 48.5 Å². The highest BCUT2D eigenvalue weighted by Crippen LogP contribution is 2.38. The molecule has 25 heavy (non-hydrogen) atoms. The van der Waals surface area contributed by atoms with Gasteiger partial charge in [0.05, 0.1) is 12.2 Å². The predicted molar refractivity (Wildman–Crippen MR) is 97.4 cm³/mol. The number of hydrogen-bond acceptors (Lipinski definition) is 3. The number of para-hydroxylation sites is 1. The fourth-order valence-electron chi connectivity index (χ4n) is 2.85. The first-order valence-electron chi connectivity index (χ1n) is 8.56. The average molecular weight is 329 g/mol. The molecule has 4 nitrogen and oxygen atoms in total. The third-order valence-corrected chi connectivity index (χ3v) is 4.40. The Morgan fingerprint density at radius 1 is 0.880 bits per heavy atom. The Hall–Kier alpha value is -3.01. The van der Waals surface area contributed by atoms with Gasteiger partial charge in [0.1, 0.15) is 0 Å². The summed E-state index contributed by atoms with van der Waals surface area (Å²) in [6, 6.07) is 23.4. The summed E-state index contributed by atoms with van der Waals surface area (Å²) in [5.41, 5.74) is 3.29. The number of benzene rings is 2. The molecule has 0 atom stereocenters. The van der Waals surface area contributed by atoms with Gasteiger partial charge >= 0.3 is 0 Å². The van der Waals surface area contributed by atoms with Crippen LogP contribution in [0.1, 0.15) is 40.5 Å². The van der Waals surface area contributed by atoms with Crippen LogP contribution in [0.4, 0.5) is 5.69 Å². The van der Waals surface area contributed by atoms with Gasteiger partial charge in [0.25, 0.3) is 5.91 Å². The van der Waals surface area contributed by atoms with Gasteiger partial charge in [0, 0.05) is 11.6 Å². The largest absolute Gasteiger partial charge is 0.303 e. The van der Waals surface area contributed by atoms with Crippen LogP contribution in [-0.2, 0) is 6.54 Å². The van der Waals surface area contributed by atoms with Crippen LogP contribution >= 0.6 is 0 Å². The standard InChI is InChI=1S/C21H19N3O/c25-21(20-14-13-19(22-23-20)17-11-12-17)24(18-9-5-2-6-10-18)15-16-7-3-1-4-8-16/h1-10,13-14,17H,11-12,15H2. The molecule has 1 aromatic heterocycles. The van der Waals surface area contributed by atoms with Crippen LogP contribution < -0.4 is 4.90 Å². The molecule has 1 heterocycles. The van der Waals surface area contributed by atoms with Crippen molar-refractivity contribution in [2.24, 2.45) is 0 Å². The van der Waals surface area contributed by atoms with Crippen LogP contribution in [0.2, 0.25) is 0 Å². The first kappa shape index (κ1) is 15.5. The molecule has 2 aromatic carbocycles. The van der Waals surface area contributed by atoms with Crippen LogP contribution in [0.15, 0.2) is 72.8 Å². The van der Waals surface area contributed by atoms with Crippen LogP contribution in [-0.4, -0.2) is 16.1 Å². The zero-order valence-corrected chi connectivity index (χ0v) is 13.9. The fourth-order valence-corrected chi connectivity index (χ4v) is 2.85. The monoisotopic (exact) mass is 329 g/mol. The molecule has 4 rings (SSSR count). The minimum atomic E-state index is -0.134. The lowest BCUT2D eigenvalue weighted by Crippen LogP contribution is -2.31. The molecule has 0 aliphatic heterocycles. The minimum Gasteiger partial charge on any atom is -0.303 e. The van der Waals surface area contributed by atoms with E-state index in [4.69, 9.17) is 0 Å². The van der Waals surface area contributed by atoms with Crippen molar-refractivity contribution in [1.29, 1.82) is 0 Å². The number of anilines is 1. The number of amides is 1. The normalized spacial score (nSPS) is 13.4. The summed E-state index contributed by atoms with van der Waals surface area (Å²) in [5.74, 6) is 0.399. The maximum Gasteiger partial charge on any atom is 0.279 e. The second kappa shape index (κ2) is 6.85. The summed E-state index contributed by atoms with van der Waals surface area (Å²) in [5, 5.41) is 8.43. The SMILES string of the molecule is O=C(c1ccc(C2CC2)nn1)N(Cc1ccccc1)c1ccccc1. The van der Waals surface area contributed by atoms with Crippen molar-refractivity contribution in [2.45, 2.75) is 25.3 Å². The van der Waals surface area contributed by atoms with E-state index in [2.05, 4.69) is 10.2 Å². The van der Waals surface area contributed by atoms with Gasteiger partial charge in [-0.3, -0.25) is 4.79 Å².